The Hall–Kier alpha value is -2.67. The van der Waals surface area contributed by atoms with Crippen molar-refractivity contribution >= 4 is 11.4 Å². The molecule has 0 aromatic carbocycles. The van der Waals surface area contributed by atoms with Crippen molar-refractivity contribution in [2.75, 3.05) is 33.2 Å². The Morgan fingerprint density at radius 2 is 1.92 bits per heavy atom. The van der Waals surface area contributed by atoms with Crippen LogP contribution in [-0.4, -0.2) is 67.9 Å². The number of pyridine rings is 1. The van der Waals surface area contributed by atoms with Crippen molar-refractivity contribution in [2.45, 2.75) is 0 Å². The molecule has 124 valence electrons. The van der Waals surface area contributed by atoms with Gasteiger partial charge in [0.05, 0.1) is 11.8 Å². The predicted octanol–water partition coefficient (Wildman–Crippen LogP) is 1.12. The van der Waals surface area contributed by atoms with Gasteiger partial charge in [-0.2, -0.15) is 0 Å². The average molecular weight is 324 g/mol. The fourth-order valence-electron chi connectivity index (χ4n) is 3.06. The molecule has 1 fully saturated rings. The van der Waals surface area contributed by atoms with Crippen LogP contribution in [0.15, 0.2) is 36.9 Å². The van der Waals surface area contributed by atoms with E-state index in [-0.39, 0.29) is 5.91 Å². The molecule has 1 aliphatic heterocycles. The van der Waals surface area contributed by atoms with Gasteiger partial charge in [-0.25, -0.2) is 9.97 Å². The lowest BCUT2D eigenvalue weighted by molar-refractivity contribution is 0.0661. The highest BCUT2D eigenvalue weighted by atomic mass is 16.2. The van der Waals surface area contributed by atoms with Crippen molar-refractivity contribution in [3.63, 3.8) is 0 Å². The minimum atomic E-state index is -0.00557. The third-order valence-corrected chi connectivity index (χ3v) is 4.48. The SMILES string of the molecule is CN1CCN(C(=O)c2nc(-c3cn(C)cn3)n3ccccc23)CC1. The number of hydrogen-bond acceptors (Lipinski definition) is 4. The molecule has 0 aliphatic carbocycles. The lowest BCUT2D eigenvalue weighted by Gasteiger charge is -2.32. The summed E-state index contributed by atoms with van der Waals surface area (Å²) in [5.74, 6) is 0.692. The van der Waals surface area contributed by atoms with E-state index in [9.17, 15) is 4.79 Å². The molecule has 0 N–H and O–H groups in total. The number of nitrogens with zero attached hydrogens (tertiary/aromatic N) is 6. The van der Waals surface area contributed by atoms with Crippen LogP contribution in [-0.2, 0) is 7.05 Å². The van der Waals surface area contributed by atoms with Crippen LogP contribution in [0.3, 0.4) is 0 Å². The molecule has 1 amide bonds. The topological polar surface area (TPSA) is 58.7 Å². The van der Waals surface area contributed by atoms with Gasteiger partial charge in [0.1, 0.15) is 5.69 Å². The van der Waals surface area contributed by atoms with Crippen LogP contribution in [0.2, 0.25) is 0 Å². The molecule has 3 aromatic heterocycles. The first-order valence-electron chi connectivity index (χ1n) is 8.07. The van der Waals surface area contributed by atoms with Gasteiger partial charge in [-0.05, 0) is 19.2 Å². The Bertz CT molecular complexity index is 888. The van der Waals surface area contributed by atoms with E-state index in [1.54, 1.807) is 6.33 Å². The van der Waals surface area contributed by atoms with Crippen LogP contribution < -0.4 is 0 Å². The molecular weight excluding hydrogens is 304 g/mol. The first kappa shape index (κ1) is 14.9. The van der Waals surface area contributed by atoms with E-state index in [0.717, 1.165) is 37.4 Å². The minimum Gasteiger partial charge on any atom is -0.340 e. The van der Waals surface area contributed by atoms with Crippen molar-refractivity contribution in [3.8, 4) is 11.5 Å². The lowest BCUT2D eigenvalue weighted by Crippen LogP contribution is -2.47. The number of carbonyl (C=O) groups excluding carboxylic acids is 1. The van der Waals surface area contributed by atoms with Crippen molar-refractivity contribution in [1.82, 2.24) is 28.7 Å². The number of fused-ring (bicyclic) bond motifs is 1. The first-order valence-corrected chi connectivity index (χ1v) is 8.07. The molecule has 0 radical (unpaired) electrons. The van der Waals surface area contributed by atoms with E-state index >= 15 is 0 Å². The normalized spacial score (nSPS) is 16.0. The summed E-state index contributed by atoms with van der Waals surface area (Å²) in [6.45, 7) is 3.26. The molecule has 0 spiro atoms. The van der Waals surface area contributed by atoms with Crippen LogP contribution in [0.4, 0.5) is 0 Å². The molecule has 24 heavy (non-hydrogen) atoms. The van der Waals surface area contributed by atoms with Crippen LogP contribution in [0, 0.1) is 0 Å². The maximum absolute atomic E-state index is 13.0. The molecule has 7 heteroatoms. The number of piperazine rings is 1. The Morgan fingerprint density at radius 3 is 2.62 bits per heavy atom. The van der Waals surface area contributed by atoms with E-state index in [4.69, 9.17) is 0 Å². The van der Waals surface area contributed by atoms with Gasteiger partial charge in [-0.3, -0.25) is 9.20 Å². The number of rotatable bonds is 2. The Kier molecular flexibility index (Phi) is 3.57. The molecule has 1 aliphatic rings. The summed E-state index contributed by atoms with van der Waals surface area (Å²) < 4.78 is 3.81. The van der Waals surface area contributed by atoms with Crippen molar-refractivity contribution in [1.29, 1.82) is 0 Å². The lowest BCUT2D eigenvalue weighted by atomic mass is 10.2. The van der Waals surface area contributed by atoms with Gasteiger partial charge in [0.15, 0.2) is 11.5 Å². The zero-order valence-corrected chi connectivity index (χ0v) is 13.9. The van der Waals surface area contributed by atoms with E-state index < -0.39 is 0 Å². The van der Waals surface area contributed by atoms with Crippen LogP contribution in [0.5, 0.6) is 0 Å². The number of likely N-dealkylation sites (N-methyl/N-ethyl adjacent to an activating group) is 1. The number of imidazole rings is 2. The molecule has 4 heterocycles. The Labute approximate surface area is 140 Å². The van der Waals surface area contributed by atoms with E-state index in [0.29, 0.717) is 11.5 Å². The maximum Gasteiger partial charge on any atom is 0.274 e. The zero-order valence-electron chi connectivity index (χ0n) is 13.9. The largest absolute Gasteiger partial charge is 0.340 e. The second-order valence-electron chi connectivity index (χ2n) is 6.26. The minimum absolute atomic E-state index is 0.00557. The number of hydrogen-bond donors (Lipinski definition) is 0. The fourth-order valence-corrected chi connectivity index (χ4v) is 3.06. The predicted molar refractivity (Wildman–Crippen MR) is 90.8 cm³/mol. The Balaban J connectivity index is 1.77. The molecule has 3 aromatic rings. The quantitative estimate of drug-likeness (QED) is 0.709. The van der Waals surface area contributed by atoms with E-state index in [1.165, 1.54) is 0 Å². The van der Waals surface area contributed by atoms with Gasteiger partial charge in [0.2, 0.25) is 0 Å². The van der Waals surface area contributed by atoms with Gasteiger partial charge in [0.25, 0.3) is 5.91 Å². The summed E-state index contributed by atoms with van der Waals surface area (Å²) in [5, 5.41) is 0. The van der Waals surface area contributed by atoms with Crippen LogP contribution in [0.25, 0.3) is 17.0 Å². The number of amides is 1. The smallest absolute Gasteiger partial charge is 0.274 e. The standard InChI is InChI=1S/C17H20N6O/c1-20-7-9-22(10-8-20)17(24)15-14-5-3-4-6-23(14)16(19-15)13-11-21(2)12-18-13/h3-6,11-12H,7-10H2,1-2H3. The fraction of sp³-hybridized carbons (Fsp3) is 0.353. The van der Waals surface area contributed by atoms with E-state index in [2.05, 4.69) is 21.9 Å². The summed E-state index contributed by atoms with van der Waals surface area (Å²) in [6, 6.07) is 5.80. The second-order valence-corrected chi connectivity index (χ2v) is 6.26. The molecular formula is C17H20N6O. The molecule has 1 saturated heterocycles. The average Bonchev–Trinajstić information content (AvgIpc) is 3.18. The maximum atomic E-state index is 13.0. The van der Waals surface area contributed by atoms with Crippen molar-refractivity contribution in [3.05, 3.63) is 42.6 Å². The molecule has 0 saturated carbocycles. The zero-order chi connectivity index (χ0) is 16.7. The monoisotopic (exact) mass is 324 g/mol. The summed E-state index contributed by atoms with van der Waals surface area (Å²) in [4.78, 5) is 26.1. The summed E-state index contributed by atoms with van der Waals surface area (Å²) >= 11 is 0. The van der Waals surface area contributed by atoms with Gasteiger partial charge in [-0.1, -0.05) is 6.07 Å². The van der Waals surface area contributed by atoms with Gasteiger partial charge in [0, 0.05) is 45.6 Å². The van der Waals surface area contributed by atoms with Crippen LogP contribution >= 0.6 is 0 Å². The highest BCUT2D eigenvalue weighted by molar-refractivity contribution is 6.00. The number of carbonyl (C=O) groups is 1. The summed E-state index contributed by atoms with van der Waals surface area (Å²) in [5.41, 5.74) is 2.08. The van der Waals surface area contributed by atoms with Gasteiger partial charge in [-0.15, -0.1) is 0 Å². The molecule has 0 unspecified atom stereocenters. The molecule has 4 rings (SSSR count). The second kappa shape index (κ2) is 5.76. The highest BCUT2D eigenvalue weighted by Crippen LogP contribution is 2.22. The third-order valence-electron chi connectivity index (χ3n) is 4.48. The number of aromatic nitrogens is 4. The third kappa shape index (κ3) is 2.46. The van der Waals surface area contributed by atoms with Crippen molar-refractivity contribution < 1.29 is 4.79 Å². The highest BCUT2D eigenvalue weighted by Gasteiger charge is 2.25. The number of aryl methyl sites for hydroxylation is 1. The summed E-state index contributed by atoms with van der Waals surface area (Å²) in [7, 11) is 4.00. The van der Waals surface area contributed by atoms with E-state index in [1.807, 2.05) is 51.5 Å². The van der Waals surface area contributed by atoms with Gasteiger partial charge < -0.3 is 14.4 Å². The summed E-state index contributed by atoms with van der Waals surface area (Å²) in [6.07, 6.45) is 5.57. The Morgan fingerprint density at radius 1 is 1.12 bits per heavy atom. The van der Waals surface area contributed by atoms with Gasteiger partial charge >= 0.3 is 0 Å². The molecule has 0 bridgehead atoms. The molecule has 7 nitrogen and oxygen atoms in total. The van der Waals surface area contributed by atoms with Crippen molar-refractivity contribution in [2.24, 2.45) is 7.05 Å². The molecule has 0 atom stereocenters. The first-order chi connectivity index (χ1) is 11.6. The van der Waals surface area contributed by atoms with Crippen LogP contribution in [0.1, 0.15) is 10.5 Å².